The molecule has 0 spiro atoms. The minimum Gasteiger partial charge on any atom is -0.378 e. The second-order valence-electron chi connectivity index (χ2n) is 3.38. The Morgan fingerprint density at radius 2 is 2.08 bits per heavy atom. The average molecular weight is 214 g/mol. The average Bonchev–Trinajstić information content (AvgIpc) is 1.83. The molecule has 12 heavy (non-hydrogen) atoms. The summed E-state index contributed by atoms with van der Waals surface area (Å²) in [5, 5.41) is 0. The highest BCUT2D eigenvalue weighted by atomic mass is 35.7. The van der Waals surface area contributed by atoms with Crippen LogP contribution >= 0.6 is 10.7 Å². The van der Waals surface area contributed by atoms with Crippen LogP contribution < -0.4 is 0 Å². The Hall–Kier alpha value is 0.160. The summed E-state index contributed by atoms with van der Waals surface area (Å²) in [7, 11) is 1.63. The van der Waals surface area contributed by atoms with Crippen molar-refractivity contribution in [2.75, 3.05) is 19.8 Å². The van der Waals surface area contributed by atoms with E-state index in [9.17, 15) is 8.42 Å². The molecule has 0 bridgehead atoms. The van der Waals surface area contributed by atoms with Crippen LogP contribution in [0.15, 0.2) is 0 Å². The lowest BCUT2D eigenvalue weighted by Gasteiger charge is -2.38. The van der Waals surface area contributed by atoms with E-state index in [0.29, 0.717) is 19.8 Å². The van der Waals surface area contributed by atoms with Crippen molar-refractivity contribution in [1.29, 1.82) is 0 Å². The SMILES string of the molecule is CC1(C)COCCN1S(=O)(=O)Cl. The zero-order valence-corrected chi connectivity index (χ0v) is 8.65. The maximum atomic E-state index is 11.0. The maximum Gasteiger partial charge on any atom is 0.300 e. The van der Waals surface area contributed by atoms with Gasteiger partial charge in [-0.25, -0.2) is 0 Å². The highest BCUT2D eigenvalue weighted by Crippen LogP contribution is 2.24. The predicted octanol–water partition coefficient (Wildman–Crippen LogP) is 0.581. The van der Waals surface area contributed by atoms with Gasteiger partial charge in [0, 0.05) is 17.2 Å². The second-order valence-corrected chi connectivity index (χ2v) is 5.81. The molecule has 1 aliphatic rings. The Bertz CT molecular complexity index is 262. The molecule has 0 N–H and O–H groups in total. The van der Waals surface area contributed by atoms with E-state index in [2.05, 4.69) is 0 Å². The summed E-state index contributed by atoms with van der Waals surface area (Å²) >= 11 is 0. The molecule has 0 atom stereocenters. The molecule has 1 aliphatic heterocycles. The Morgan fingerprint density at radius 1 is 1.50 bits per heavy atom. The Morgan fingerprint density at radius 3 is 2.42 bits per heavy atom. The molecule has 4 nitrogen and oxygen atoms in total. The van der Waals surface area contributed by atoms with Gasteiger partial charge in [0.1, 0.15) is 0 Å². The predicted molar refractivity (Wildman–Crippen MR) is 46.4 cm³/mol. The number of morpholine rings is 1. The van der Waals surface area contributed by atoms with Crippen molar-refractivity contribution in [2.45, 2.75) is 19.4 Å². The van der Waals surface area contributed by atoms with Crippen LogP contribution in [0.2, 0.25) is 0 Å². The second kappa shape index (κ2) is 3.14. The highest BCUT2D eigenvalue weighted by Gasteiger charge is 2.37. The molecule has 0 saturated carbocycles. The highest BCUT2D eigenvalue weighted by molar-refractivity contribution is 8.11. The third-order valence-electron chi connectivity index (χ3n) is 1.83. The van der Waals surface area contributed by atoms with Crippen molar-refractivity contribution in [2.24, 2.45) is 0 Å². The van der Waals surface area contributed by atoms with Crippen molar-refractivity contribution in [1.82, 2.24) is 4.31 Å². The van der Waals surface area contributed by atoms with E-state index in [1.54, 1.807) is 13.8 Å². The van der Waals surface area contributed by atoms with E-state index in [1.807, 2.05) is 0 Å². The zero-order valence-electron chi connectivity index (χ0n) is 7.08. The van der Waals surface area contributed by atoms with Gasteiger partial charge in [-0.2, -0.15) is 12.7 Å². The number of halogens is 1. The molecular formula is C6H12ClNO3S. The molecule has 1 fully saturated rings. The quantitative estimate of drug-likeness (QED) is 0.599. The molecule has 0 aromatic carbocycles. The van der Waals surface area contributed by atoms with Crippen LogP contribution in [0.4, 0.5) is 0 Å². The fourth-order valence-corrected chi connectivity index (χ4v) is 2.95. The van der Waals surface area contributed by atoms with Gasteiger partial charge in [-0.05, 0) is 13.8 Å². The van der Waals surface area contributed by atoms with Crippen LogP contribution in [-0.2, 0) is 14.0 Å². The molecule has 6 heteroatoms. The van der Waals surface area contributed by atoms with Crippen molar-refractivity contribution in [3.63, 3.8) is 0 Å². The van der Waals surface area contributed by atoms with Gasteiger partial charge in [0.25, 0.3) is 9.24 Å². The smallest absolute Gasteiger partial charge is 0.300 e. The van der Waals surface area contributed by atoms with Crippen LogP contribution in [0.25, 0.3) is 0 Å². The summed E-state index contributed by atoms with van der Waals surface area (Å²) < 4.78 is 28.5. The number of nitrogens with zero attached hydrogens (tertiary/aromatic N) is 1. The first kappa shape index (κ1) is 10.2. The number of ether oxygens (including phenoxy) is 1. The summed E-state index contributed by atoms with van der Waals surface area (Å²) in [4.78, 5) is 0. The molecule has 0 aromatic heterocycles. The number of hydrogen-bond acceptors (Lipinski definition) is 3. The monoisotopic (exact) mass is 213 g/mol. The van der Waals surface area contributed by atoms with Crippen LogP contribution in [0.5, 0.6) is 0 Å². The number of hydrogen-bond donors (Lipinski definition) is 0. The minimum atomic E-state index is -3.61. The van der Waals surface area contributed by atoms with Crippen LogP contribution in [0.1, 0.15) is 13.8 Å². The lowest BCUT2D eigenvalue weighted by Crippen LogP contribution is -2.53. The first-order chi connectivity index (χ1) is 5.34. The number of rotatable bonds is 1. The van der Waals surface area contributed by atoms with Gasteiger partial charge in [-0.3, -0.25) is 0 Å². The van der Waals surface area contributed by atoms with E-state index in [4.69, 9.17) is 15.4 Å². The first-order valence-electron chi connectivity index (χ1n) is 3.64. The van der Waals surface area contributed by atoms with Gasteiger partial charge in [0.2, 0.25) is 0 Å². The first-order valence-corrected chi connectivity index (χ1v) is 5.91. The van der Waals surface area contributed by atoms with Gasteiger partial charge >= 0.3 is 0 Å². The van der Waals surface area contributed by atoms with Gasteiger partial charge in [-0.15, -0.1) is 0 Å². The van der Waals surface area contributed by atoms with Crippen molar-refractivity contribution >= 4 is 19.9 Å². The molecule has 1 heterocycles. The van der Waals surface area contributed by atoms with Crippen LogP contribution in [0, 0.1) is 0 Å². The normalized spacial score (nSPS) is 25.6. The molecule has 1 saturated heterocycles. The van der Waals surface area contributed by atoms with Crippen molar-refractivity contribution in [3.8, 4) is 0 Å². The third-order valence-corrected chi connectivity index (χ3v) is 3.54. The minimum absolute atomic E-state index is 0.332. The van der Waals surface area contributed by atoms with Crippen molar-refractivity contribution in [3.05, 3.63) is 0 Å². The van der Waals surface area contributed by atoms with E-state index < -0.39 is 14.8 Å². The molecule has 0 aliphatic carbocycles. The van der Waals surface area contributed by atoms with Crippen LogP contribution in [0.3, 0.4) is 0 Å². The molecule has 0 unspecified atom stereocenters. The summed E-state index contributed by atoms with van der Waals surface area (Å²) in [6, 6.07) is 0. The summed E-state index contributed by atoms with van der Waals surface area (Å²) in [5.41, 5.74) is -0.529. The van der Waals surface area contributed by atoms with Gasteiger partial charge < -0.3 is 4.74 Å². The zero-order chi connectivity index (χ0) is 9.41. The largest absolute Gasteiger partial charge is 0.378 e. The van der Waals surface area contributed by atoms with E-state index in [0.717, 1.165) is 0 Å². The molecule has 1 rings (SSSR count). The van der Waals surface area contributed by atoms with Gasteiger partial charge in [-0.1, -0.05) is 0 Å². The lowest BCUT2D eigenvalue weighted by atomic mass is 10.1. The Kier molecular flexibility index (Phi) is 2.68. The van der Waals surface area contributed by atoms with Crippen LogP contribution in [-0.4, -0.2) is 38.0 Å². The van der Waals surface area contributed by atoms with Gasteiger partial charge in [0.05, 0.1) is 18.8 Å². The molecular weight excluding hydrogens is 202 g/mol. The van der Waals surface area contributed by atoms with Crippen molar-refractivity contribution < 1.29 is 13.2 Å². The summed E-state index contributed by atoms with van der Waals surface area (Å²) in [6.45, 7) is 4.70. The summed E-state index contributed by atoms with van der Waals surface area (Å²) in [5.74, 6) is 0. The maximum absolute atomic E-state index is 11.0. The standard InChI is InChI=1S/C6H12ClNO3S/c1-6(2)5-11-4-3-8(6)12(7,9)10/h3-5H2,1-2H3. The van der Waals surface area contributed by atoms with Gasteiger partial charge in [0.15, 0.2) is 0 Å². The fraction of sp³-hybridized carbons (Fsp3) is 1.00. The van der Waals surface area contributed by atoms with E-state index >= 15 is 0 Å². The third kappa shape index (κ3) is 2.10. The molecule has 0 radical (unpaired) electrons. The van der Waals surface area contributed by atoms with E-state index in [1.165, 1.54) is 4.31 Å². The fourth-order valence-electron chi connectivity index (χ4n) is 1.25. The molecule has 72 valence electrons. The topological polar surface area (TPSA) is 46.6 Å². The molecule has 0 amide bonds. The van der Waals surface area contributed by atoms with E-state index in [-0.39, 0.29) is 0 Å². The Balaban J connectivity index is 2.88. The summed E-state index contributed by atoms with van der Waals surface area (Å²) in [6.07, 6.45) is 0. The lowest BCUT2D eigenvalue weighted by molar-refractivity contribution is -0.00658. The molecule has 0 aromatic rings. The Labute approximate surface area is 77.0 Å².